The van der Waals surface area contributed by atoms with Crippen LogP contribution in [0.1, 0.15) is 32.6 Å². The van der Waals surface area contributed by atoms with Crippen LogP contribution in [0.15, 0.2) is 42.0 Å². The Balaban J connectivity index is 1.28. The van der Waals surface area contributed by atoms with Gasteiger partial charge in [0.15, 0.2) is 0 Å². The lowest BCUT2D eigenvalue weighted by Crippen LogP contribution is -2.21. The minimum absolute atomic E-state index is 0.0887. The Morgan fingerprint density at radius 3 is 2.47 bits per heavy atom. The van der Waals surface area contributed by atoms with Gasteiger partial charge in [-0.1, -0.05) is 18.2 Å². The Bertz CT molecular complexity index is 1030. The average molecular weight is 414 g/mol. The van der Waals surface area contributed by atoms with Crippen LogP contribution in [0, 0.1) is 11.8 Å². The third-order valence-corrected chi connectivity index (χ3v) is 4.75. The summed E-state index contributed by atoms with van der Waals surface area (Å²) >= 11 is 0. The summed E-state index contributed by atoms with van der Waals surface area (Å²) in [6.07, 6.45) is 2.65. The zero-order valence-electron chi connectivity index (χ0n) is 15.2. The van der Waals surface area contributed by atoms with Crippen molar-refractivity contribution in [3.05, 3.63) is 58.7 Å². The summed E-state index contributed by atoms with van der Waals surface area (Å²) in [5.74, 6) is -5.14. The number of cyclic esters (lactones) is 3. The van der Waals surface area contributed by atoms with E-state index < -0.39 is 48.0 Å². The predicted octanol–water partition coefficient (Wildman–Crippen LogP) is 0.360. The number of rotatable bonds is 5. The molecule has 0 bridgehead atoms. The highest BCUT2D eigenvalue weighted by Gasteiger charge is 2.43. The molecule has 1 N–H and O–H groups in total. The van der Waals surface area contributed by atoms with Gasteiger partial charge in [-0.2, -0.15) is 0 Å². The number of carbonyl (C=O) groups is 5. The van der Waals surface area contributed by atoms with E-state index in [1.165, 1.54) is 36.4 Å². The Labute approximate surface area is 168 Å². The molecule has 30 heavy (non-hydrogen) atoms. The molecular formula is C20H14O10. The fraction of sp³-hybridized carbons (Fsp3) is 0.250. The van der Waals surface area contributed by atoms with E-state index in [1.807, 2.05) is 0 Å². The highest BCUT2D eigenvalue weighted by atomic mass is 16.6. The van der Waals surface area contributed by atoms with Crippen molar-refractivity contribution < 1.29 is 48.0 Å². The number of esters is 5. The van der Waals surface area contributed by atoms with Crippen molar-refractivity contribution >= 4 is 29.8 Å². The number of hydrogen-bond donors (Lipinski definition) is 1. The van der Waals surface area contributed by atoms with Crippen LogP contribution in [0.3, 0.4) is 0 Å². The second-order valence-electron chi connectivity index (χ2n) is 6.60. The van der Waals surface area contributed by atoms with Gasteiger partial charge >= 0.3 is 29.8 Å². The van der Waals surface area contributed by atoms with Gasteiger partial charge in [-0.25, -0.2) is 14.4 Å². The molecule has 1 aromatic rings. The molecule has 3 unspecified atom stereocenters. The van der Waals surface area contributed by atoms with E-state index in [-0.39, 0.29) is 35.5 Å². The molecule has 3 aliphatic rings. The molecule has 10 nitrogen and oxygen atoms in total. The summed E-state index contributed by atoms with van der Waals surface area (Å²) < 4.78 is 19.2. The Kier molecular flexibility index (Phi) is 4.92. The van der Waals surface area contributed by atoms with E-state index in [4.69, 9.17) is 9.47 Å². The van der Waals surface area contributed by atoms with Gasteiger partial charge in [0, 0.05) is 5.56 Å². The van der Waals surface area contributed by atoms with E-state index in [0.717, 1.165) is 0 Å². The first-order chi connectivity index (χ1) is 14.3. The standard InChI is InChI=1S/C20H14O10/c21-15(9-1-3-11-13(7-9)19(25)29-17(11)23)27-5-6-28-16(22)10-2-4-12-14(8-10)20(26)30-18(12)24/h1-4,7-8,11,13,20,26H,5-6H2. The lowest BCUT2D eigenvalue weighted by Gasteiger charge is -2.13. The number of fused-ring (bicyclic) bond motifs is 2. The molecule has 0 spiro atoms. The smallest absolute Gasteiger partial charge is 0.341 e. The van der Waals surface area contributed by atoms with Crippen molar-refractivity contribution in [2.24, 2.45) is 11.8 Å². The Morgan fingerprint density at radius 1 is 1.00 bits per heavy atom. The molecule has 4 rings (SSSR count). The first kappa shape index (κ1) is 19.5. The third kappa shape index (κ3) is 3.48. The quantitative estimate of drug-likeness (QED) is 0.310. The van der Waals surface area contributed by atoms with Crippen molar-refractivity contribution in [3.8, 4) is 0 Å². The van der Waals surface area contributed by atoms with Crippen LogP contribution >= 0.6 is 0 Å². The van der Waals surface area contributed by atoms with Crippen LogP contribution in [0.25, 0.3) is 0 Å². The van der Waals surface area contributed by atoms with Gasteiger partial charge in [-0.05, 0) is 18.2 Å². The van der Waals surface area contributed by atoms with Crippen LogP contribution in [0.4, 0.5) is 0 Å². The third-order valence-electron chi connectivity index (χ3n) is 4.75. The normalized spacial score (nSPS) is 23.8. The molecule has 1 aromatic carbocycles. The van der Waals surface area contributed by atoms with Crippen LogP contribution in [-0.4, -0.2) is 48.2 Å². The van der Waals surface area contributed by atoms with Gasteiger partial charge in [0.1, 0.15) is 13.2 Å². The molecule has 0 saturated carbocycles. The van der Waals surface area contributed by atoms with Crippen molar-refractivity contribution in [3.63, 3.8) is 0 Å². The van der Waals surface area contributed by atoms with E-state index in [2.05, 4.69) is 9.47 Å². The lowest BCUT2D eigenvalue weighted by molar-refractivity contribution is -0.153. The second kappa shape index (κ2) is 7.56. The maximum Gasteiger partial charge on any atom is 0.341 e. The van der Waals surface area contributed by atoms with Crippen molar-refractivity contribution in [1.29, 1.82) is 0 Å². The fourth-order valence-electron chi connectivity index (χ4n) is 3.23. The number of ether oxygens (including phenoxy) is 4. The van der Waals surface area contributed by atoms with Gasteiger partial charge in [-0.15, -0.1) is 0 Å². The molecule has 154 valence electrons. The summed E-state index contributed by atoms with van der Waals surface area (Å²) in [6, 6.07) is 3.98. The Morgan fingerprint density at radius 2 is 1.70 bits per heavy atom. The largest absolute Gasteiger partial charge is 0.458 e. The number of benzene rings is 1. The lowest BCUT2D eigenvalue weighted by atomic mass is 9.88. The first-order valence-corrected chi connectivity index (χ1v) is 8.88. The van der Waals surface area contributed by atoms with Gasteiger partial charge in [0.05, 0.1) is 28.5 Å². The van der Waals surface area contributed by atoms with Crippen LogP contribution in [-0.2, 0) is 33.3 Å². The topological polar surface area (TPSA) is 142 Å². The fourth-order valence-corrected chi connectivity index (χ4v) is 3.23. The van der Waals surface area contributed by atoms with Crippen LogP contribution < -0.4 is 0 Å². The maximum atomic E-state index is 12.1. The summed E-state index contributed by atoms with van der Waals surface area (Å²) in [6.45, 7) is -0.494. The molecular weight excluding hydrogens is 400 g/mol. The predicted molar refractivity (Wildman–Crippen MR) is 93.4 cm³/mol. The molecule has 2 heterocycles. The molecule has 0 amide bonds. The second-order valence-corrected chi connectivity index (χ2v) is 6.60. The molecule has 1 saturated heterocycles. The van der Waals surface area contributed by atoms with Crippen LogP contribution in [0.2, 0.25) is 0 Å². The minimum atomic E-state index is -1.44. The van der Waals surface area contributed by atoms with E-state index in [0.29, 0.717) is 0 Å². The van der Waals surface area contributed by atoms with Gasteiger partial charge in [0.2, 0.25) is 6.29 Å². The van der Waals surface area contributed by atoms with Crippen molar-refractivity contribution in [1.82, 2.24) is 0 Å². The van der Waals surface area contributed by atoms with Crippen molar-refractivity contribution in [2.75, 3.05) is 13.2 Å². The SMILES string of the molecule is O=C(OCCOC(=O)c1ccc2c(c1)C(O)OC2=O)C1=CC2C(=O)OC(=O)C2C=C1. The minimum Gasteiger partial charge on any atom is -0.458 e. The number of aliphatic hydroxyl groups is 1. The van der Waals surface area contributed by atoms with E-state index >= 15 is 0 Å². The summed E-state index contributed by atoms with van der Waals surface area (Å²) in [4.78, 5) is 58.7. The first-order valence-electron chi connectivity index (χ1n) is 8.88. The molecule has 0 radical (unpaired) electrons. The van der Waals surface area contributed by atoms with E-state index in [9.17, 15) is 29.1 Å². The molecule has 1 aliphatic carbocycles. The molecule has 2 aliphatic heterocycles. The highest BCUT2D eigenvalue weighted by molar-refractivity contribution is 6.02. The summed E-state index contributed by atoms with van der Waals surface area (Å²) in [7, 11) is 0. The average Bonchev–Trinajstić information content (AvgIpc) is 3.19. The zero-order chi connectivity index (χ0) is 21.4. The highest BCUT2D eigenvalue weighted by Crippen LogP contribution is 2.31. The zero-order valence-corrected chi connectivity index (χ0v) is 15.2. The summed E-state index contributed by atoms with van der Waals surface area (Å²) in [5.41, 5.74) is 0.508. The van der Waals surface area contributed by atoms with E-state index in [1.54, 1.807) is 0 Å². The molecule has 0 aromatic heterocycles. The number of carbonyl (C=O) groups excluding carboxylic acids is 5. The maximum absolute atomic E-state index is 12.1. The number of aliphatic hydroxyl groups excluding tert-OH is 1. The van der Waals surface area contributed by atoms with Crippen molar-refractivity contribution in [2.45, 2.75) is 6.29 Å². The van der Waals surface area contributed by atoms with Gasteiger partial charge in [-0.3, -0.25) is 9.59 Å². The molecule has 10 heteroatoms. The van der Waals surface area contributed by atoms with Gasteiger partial charge < -0.3 is 24.1 Å². The molecule has 3 atom stereocenters. The summed E-state index contributed by atoms with van der Waals surface area (Å²) in [5, 5.41) is 9.63. The molecule has 1 fully saturated rings. The van der Waals surface area contributed by atoms with Crippen LogP contribution in [0.5, 0.6) is 0 Å². The Hall–Kier alpha value is -3.79. The number of hydrogen-bond acceptors (Lipinski definition) is 10. The van der Waals surface area contributed by atoms with Gasteiger partial charge in [0.25, 0.3) is 0 Å². The monoisotopic (exact) mass is 414 g/mol.